The van der Waals surface area contributed by atoms with Gasteiger partial charge in [-0.15, -0.1) is 4.91 Å². The maximum absolute atomic E-state index is 9.73. The van der Waals surface area contributed by atoms with E-state index in [1.165, 1.54) is 0 Å². The van der Waals surface area contributed by atoms with Gasteiger partial charge in [-0.3, -0.25) is 0 Å². The Hall–Kier alpha value is -2.12. The van der Waals surface area contributed by atoms with E-state index in [1.807, 2.05) is 5.43 Å². The van der Waals surface area contributed by atoms with Crippen LogP contribution >= 0.6 is 0 Å². The predicted molar refractivity (Wildman–Crippen MR) is 44.7 cm³/mol. The molecule has 0 aliphatic rings. The molecule has 0 radical (unpaired) electrons. The van der Waals surface area contributed by atoms with E-state index in [2.05, 4.69) is 15.3 Å². The van der Waals surface area contributed by atoms with Gasteiger partial charge in [-0.05, 0) is 0 Å². The number of hydrogen-bond donors (Lipinski definition) is 4. The highest BCUT2D eigenvalue weighted by atomic mass is 16.3. The number of nitroso groups, excluding NO2 is 1. The number of nitrogens with zero attached hydrogens (tertiary/aromatic N) is 3. The van der Waals surface area contributed by atoms with Gasteiger partial charge in [-0.1, -0.05) is 0 Å². The zero-order valence-electron chi connectivity index (χ0n) is 5.98. The summed E-state index contributed by atoms with van der Waals surface area (Å²) in [6.45, 7) is 0. The topological polar surface area (TPSA) is 145 Å². The third-order valence-electron chi connectivity index (χ3n) is 1.15. The minimum Gasteiger partial charge on any atom is -0.393 e. The summed E-state index contributed by atoms with van der Waals surface area (Å²) in [5, 5.41) is 2.34. The number of anilines is 4. The largest absolute Gasteiger partial charge is 0.393 e. The Kier molecular flexibility index (Phi) is 1.90. The summed E-state index contributed by atoms with van der Waals surface area (Å²) in [6.07, 6.45) is 0. The normalized spacial score (nSPS) is 9.33. The molecule has 0 unspecified atom stereocenters. The fourth-order valence-corrected chi connectivity index (χ4v) is 0.596. The summed E-state index contributed by atoms with van der Waals surface area (Å²) in [5.74, 6) is -0.0588. The molecule has 1 heterocycles. The van der Waals surface area contributed by atoms with Gasteiger partial charge in [0.15, 0.2) is 11.6 Å². The first-order chi connectivity index (χ1) is 5.65. The first-order valence-corrected chi connectivity index (χ1v) is 2.92. The maximum atomic E-state index is 9.73. The number of aromatic nitrogens is 2. The van der Waals surface area contributed by atoms with E-state index in [0.717, 1.165) is 0 Å². The minimum absolute atomic E-state index is 0.00801. The summed E-state index contributed by atoms with van der Waals surface area (Å²) in [5.41, 5.74) is 18.0. The Bertz CT molecular complexity index is 287. The van der Waals surface area contributed by atoms with E-state index in [-0.39, 0.29) is 23.3 Å². The lowest BCUT2D eigenvalue weighted by atomic mass is 10.4. The lowest BCUT2D eigenvalue weighted by molar-refractivity contribution is 1.13. The van der Waals surface area contributed by atoms with Crippen LogP contribution in [0, 0.1) is 4.91 Å². The van der Waals surface area contributed by atoms with E-state index in [9.17, 15) is 4.91 Å². The highest BCUT2D eigenvalue weighted by Crippen LogP contribution is 2.19. The summed E-state index contributed by atoms with van der Waals surface area (Å²) < 4.78 is 0. The van der Waals surface area contributed by atoms with Gasteiger partial charge in [-0.2, -0.15) is 9.97 Å². The molecule has 0 aromatic carbocycles. The number of nitrogens with two attached hydrogens (primary N) is 3. The molecular weight excluding hydrogens is 162 g/mol. The molecule has 0 amide bonds. The minimum atomic E-state index is -0.0748. The second-order valence-corrected chi connectivity index (χ2v) is 1.93. The molecule has 1 aromatic rings. The van der Waals surface area contributed by atoms with Gasteiger partial charge in [0.2, 0.25) is 5.95 Å². The lowest BCUT2D eigenvalue weighted by Gasteiger charge is -2.03. The van der Waals surface area contributed by atoms with Crippen molar-refractivity contribution >= 4 is 23.3 Å². The zero-order chi connectivity index (χ0) is 9.14. The van der Waals surface area contributed by atoms with Crippen LogP contribution in [0.1, 0.15) is 0 Å². The number of nitrogen functional groups attached to an aromatic ring is 3. The number of hydrogen-bond acceptors (Lipinski definition) is 7. The number of rotatable bonds is 2. The Morgan fingerprint density at radius 3 is 2.08 bits per heavy atom. The second kappa shape index (κ2) is 2.86. The summed E-state index contributed by atoms with van der Waals surface area (Å²) >= 11 is 0. The molecular formula is C4H7N7O. The van der Waals surface area contributed by atoms with Gasteiger partial charge in [0.05, 0.1) is 5.29 Å². The van der Waals surface area contributed by atoms with Crippen molar-refractivity contribution in [2.24, 2.45) is 5.29 Å². The smallest absolute Gasteiger partial charge is 0.250 e. The van der Waals surface area contributed by atoms with Crippen molar-refractivity contribution in [2.75, 3.05) is 22.6 Å². The maximum Gasteiger partial charge on any atom is 0.250 e. The van der Waals surface area contributed by atoms with Crippen molar-refractivity contribution in [1.29, 1.82) is 0 Å². The average Bonchev–Trinajstić information content (AvgIpc) is 2.01. The van der Waals surface area contributed by atoms with Gasteiger partial charge in [0.1, 0.15) is 5.69 Å². The van der Waals surface area contributed by atoms with Gasteiger partial charge in [0, 0.05) is 0 Å². The molecule has 0 aliphatic heterocycles. The molecule has 0 aliphatic carbocycles. The van der Waals surface area contributed by atoms with Gasteiger partial charge >= 0.3 is 0 Å². The lowest BCUT2D eigenvalue weighted by Crippen LogP contribution is -2.07. The molecule has 1 rings (SSSR count). The molecule has 0 saturated heterocycles. The molecule has 8 nitrogen and oxygen atoms in total. The third kappa shape index (κ3) is 1.31. The Balaban J connectivity index is 3.11. The Morgan fingerprint density at radius 1 is 1.17 bits per heavy atom. The van der Waals surface area contributed by atoms with Crippen LogP contribution < -0.4 is 22.6 Å². The number of nitrogens with one attached hydrogen (secondary N) is 1. The monoisotopic (exact) mass is 169 g/mol. The highest BCUT2D eigenvalue weighted by Gasteiger charge is 2.05. The fourth-order valence-electron chi connectivity index (χ4n) is 0.596. The standard InChI is InChI=1S/C4H7N7O/c5-1-2(6)8-4(10-11-12)9-3(1)7/h5H2,(H5,6,7,8,9,10,12). The van der Waals surface area contributed by atoms with Crippen molar-refractivity contribution in [2.45, 2.75) is 0 Å². The Morgan fingerprint density at radius 2 is 1.67 bits per heavy atom. The van der Waals surface area contributed by atoms with Gasteiger partial charge < -0.3 is 17.2 Å². The molecule has 0 saturated carbocycles. The molecule has 0 spiro atoms. The van der Waals surface area contributed by atoms with Crippen LogP contribution in [0.5, 0.6) is 0 Å². The van der Waals surface area contributed by atoms with Crippen molar-refractivity contribution in [3.05, 3.63) is 4.91 Å². The van der Waals surface area contributed by atoms with Crippen LogP contribution in [0.15, 0.2) is 5.29 Å². The first-order valence-electron chi connectivity index (χ1n) is 2.92. The van der Waals surface area contributed by atoms with Crippen LogP contribution in [0.3, 0.4) is 0 Å². The Labute approximate surface area is 67.1 Å². The van der Waals surface area contributed by atoms with Gasteiger partial charge in [0.25, 0.3) is 0 Å². The SMILES string of the molecule is Nc1nc(NN=O)nc(N)c1N. The second-order valence-electron chi connectivity index (χ2n) is 1.93. The molecule has 7 N–H and O–H groups in total. The highest BCUT2D eigenvalue weighted by molar-refractivity contribution is 5.72. The molecule has 0 atom stereocenters. The van der Waals surface area contributed by atoms with Crippen LogP contribution in [0.2, 0.25) is 0 Å². The molecule has 0 bridgehead atoms. The fraction of sp³-hybridized carbons (Fsp3) is 0. The zero-order valence-corrected chi connectivity index (χ0v) is 5.98. The quantitative estimate of drug-likeness (QED) is 0.338. The summed E-state index contributed by atoms with van der Waals surface area (Å²) in [4.78, 5) is 16.9. The van der Waals surface area contributed by atoms with Crippen molar-refractivity contribution < 1.29 is 0 Å². The summed E-state index contributed by atoms with van der Waals surface area (Å²) in [7, 11) is 0. The van der Waals surface area contributed by atoms with E-state index >= 15 is 0 Å². The van der Waals surface area contributed by atoms with E-state index in [0.29, 0.717) is 0 Å². The van der Waals surface area contributed by atoms with Crippen molar-refractivity contribution in [1.82, 2.24) is 9.97 Å². The van der Waals surface area contributed by atoms with Crippen LogP contribution in [0.25, 0.3) is 0 Å². The molecule has 12 heavy (non-hydrogen) atoms. The van der Waals surface area contributed by atoms with E-state index < -0.39 is 0 Å². The third-order valence-corrected chi connectivity index (χ3v) is 1.15. The molecule has 64 valence electrons. The molecule has 1 aromatic heterocycles. The first kappa shape index (κ1) is 7.98. The van der Waals surface area contributed by atoms with Crippen molar-refractivity contribution in [3.8, 4) is 0 Å². The van der Waals surface area contributed by atoms with E-state index in [4.69, 9.17) is 17.2 Å². The molecule has 8 heteroatoms. The predicted octanol–water partition coefficient (Wildman–Crippen LogP) is -0.684. The average molecular weight is 169 g/mol. The van der Waals surface area contributed by atoms with Gasteiger partial charge in [-0.25, -0.2) is 5.43 Å². The van der Waals surface area contributed by atoms with Crippen molar-refractivity contribution in [3.63, 3.8) is 0 Å². The van der Waals surface area contributed by atoms with E-state index in [1.54, 1.807) is 0 Å². The van der Waals surface area contributed by atoms with Crippen LogP contribution in [-0.4, -0.2) is 9.97 Å². The van der Waals surface area contributed by atoms with Crippen LogP contribution in [0.4, 0.5) is 23.3 Å². The molecule has 0 fully saturated rings. The summed E-state index contributed by atoms with van der Waals surface area (Å²) in [6, 6.07) is 0. The van der Waals surface area contributed by atoms with Crippen LogP contribution in [-0.2, 0) is 0 Å².